The Morgan fingerprint density at radius 2 is 1.12 bits per heavy atom. The lowest BCUT2D eigenvalue weighted by Gasteiger charge is -2.22. The standard InChI is InChI=1S/C33H38O10/c1-17-20(4)28(22(6)29(38-7)25(17)31(34)35)43-33(37)26-18(2)19(3)27(21(5)30(26)39-8)42-16-10-15-41-24-13-11-23(12-14-24)32(36)40-9/h11-14H,10,15-16H2,1-9H3,(H,34,35). The molecule has 0 amide bonds. The van der Waals surface area contributed by atoms with Crippen LogP contribution in [0.2, 0.25) is 0 Å². The monoisotopic (exact) mass is 594 g/mol. The molecule has 3 aromatic carbocycles. The maximum atomic E-state index is 13.6. The van der Waals surface area contributed by atoms with Crippen LogP contribution in [0.25, 0.3) is 0 Å². The first-order valence-electron chi connectivity index (χ1n) is 13.6. The second-order valence-corrected chi connectivity index (χ2v) is 9.99. The predicted octanol–water partition coefficient (Wildman–Crippen LogP) is 6.11. The highest BCUT2D eigenvalue weighted by Gasteiger charge is 2.29. The largest absolute Gasteiger partial charge is 0.495 e. The molecule has 230 valence electrons. The minimum atomic E-state index is -1.13. The maximum absolute atomic E-state index is 13.6. The molecular weight excluding hydrogens is 556 g/mol. The second-order valence-electron chi connectivity index (χ2n) is 9.99. The predicted molar refractivity (Wildman–Crippen MR) is 160 cm³/mol. The summed E-state index contributed by atoms with van der Waals surface area (Å²) in [6.45, 7) is 11.2. The Bertz CT molecular complexity index is 1540. The lowest BCUT2D eigenvalue weighted by atomic mass is 9.96. The van der Waals surface area contributed by atoms with Crippen LogP contribution in [-0.4, -0.2) is 57.6 Å². The van der Waals surface area contributed by atoms with E-state index in [0.29, 0.717) is 70.3 Å². The van der Waals surface area contributed by atoms with Crippen LogP contribution in [0.5, 0.6) is 28.7 Å². The molecule has 0 aliphatic rings. The number of hydrogen-bond acceptors (Lipinski definition) is 9. The zero-order chi connectivity index (χ0) is 32.0. The molecule has 0 radical (unpaired) electrons. The Labute approximate surface area is 251 Å². The normalized spacial score (nSPS) is 10.6. The van der Waals surface area contributed by atoms with Crippen molar-refractivity contribution in [2.45, 2.75) is 48.0 Å². The number of aromatic carboxylic acids is 1. The van der Waals surface area contributed by atoms with Crippen LogP contribution < -0.4 is 23.7 Å². The SMILES string of the molecule is COC(=O)c1ccc(OCCCOc2c(C)c(C)c(C(=O)Oc3c(C)c(C)c(C(=O)O)c(OC)c3C)c(OC)c2C)cc1. The average Bonchev–Trinajstić information content (AvgIpc) is 2.99. The number of carbonyl (C=O) groups excluding carboxylic acids is 2. The van der Waals surface area contributed by atoms with E-state index in [9.17, 15) is 19.5 Å². The van der Waals surface area contributed by atoms with E-state index in [1.54, 1.807) is 52.0 Å². The lowest BCUT2D eigenvalue weighted by molar-refractivity contribution is 0.0599. The van der Waals surface area contributed by atoms with Crippen molar-refractivity contribution < 1.29 is 47.9 Å². The van der Waals surface area contributed by atoms with Crippen molar-refractivity contribution in [1.29, 1.82) is 0 Å². The Kier molecular flexibility index (Phi) is 10.6. The van der Waals surface area contributed by atoms with Gasteiger partial charge in [0.05, 0.1) is 40.1 Å². The third kappa shape index (κ3) is 6.69. The molecule has 0 bridgehead atoms. The van der Waals surface area contributed by atoms with Gasteiger partial charge in [0.25, 0.3) is 0 Å². The smallest absolute Gasteiger partial charge is 0.347 e. The Morgan fingerprint density at radius 1 is 0.605 bits per heavy atom. The van der Waals surface area contributed by atoms with E-state index in [0.717, 1.165) is 5.56 Å². The second kappa shape index (κ2) is 14.0. The van der Waals surface area contributed by atoms with Gasteiger partial charge in [0, 0.05) is 17.5 Å². The summed E-state index contributed by atoms with van der Waals surface area (Å²) in [4.78, 5) is 37.1. The summed E-state index contributed by atoms with van der Waals surface area (Å²) < 4.78 is 33.5. The zero-order valence-electron chi connectivity index (χ0n) is 26.1. The number of esters is 2. The fraction of sp³-hybridized carbons (Fsp3) is 0.364. The minimum Gasteiger partial charge on any atom is -0.495 e. The van der Waals surface area contributed by atoms with E-state index < -0.39 is 17.9 Å². The van der Waals surface area contributed by atoms with Gasteiger partial charge in [0.15, 0.2) is 0 Å². The molecule has 1 N–H and O–H groups in total. The Hall–Kier alpha value is -4.73. The minimum absolute atomic E-state index is 0.0288. The van der Waals surface area contributed by atoms with Crippen molar-refractivity contribution in [3.63, 3.8) is 0 Å². The van der Waals surface area contributed by atoms with Gasteiger partial charge in [-0.25, -0.2) is 14.4 Å². The fourth-order valence-electron chi connectivity index (χ4n) is 4.96. The average molecular weight is 595 g/mol. The van der Waals surface area contributed by atoms with Crippen molar-refractivity contribution in [3.05, 3.63) is 74.3 Å². The van der Waals surface area contributed by atoms with Gasteiger partial charge in [-0.05, 0) is 88.1 Å². The van der Waals surface area contributed by atoms with Crippen LogP contribution in [0.15, 0.2) is 24.3 Å². The molecule has 0 aliphatic heterocycles. The molecule has 3 aromatic rings. The van der Waals surface area contributed by atoms with E-state index >= 15 is 0 Å². The number of carboxylic acid groups (broad SMARTS) is 1. The Balaban J connectivity index is 1.79. The van der Waals surface area contributed by atoms with Crippen molar-refractivity contribution >= 4 is 17.9 Å². The quantitative estimate of drug-likeness (QED) is 0.149. The van der Waals surface area contributed by atoms with Gasteiger partial charge in [-0.3, -0.25) is 0 Å². The first kappa shape index (κ1) is 32.8. The molecule has 10 heteroatoms. The van der Waals surface area contributed by atoms with Crippen molar-refractivity contribution in [2.24, 2.45) is 0 Å². The van der Waals surface area contributed by atoms with Crippen LogP contribution in [0.3, 0.4) is 0 Å². The topological polar surface area (TPSA) is 127 Å². The van der Waals surface area contributed by atoms with E-state index in [2.05, 4.69) is 0 Å². The zero-order valence-corrected chi connectivity index (χ0v) is 26.1. The number of carbonyl (C=O) groups is 3. The third-order valence-corrected chi connectivity index (χ3v) is 7.47. The van der Waals surface area contributed by atoms with Crippen LogP contribution in [0, 0.1) is 41.5 Å². The van der Waals surface area contributed by atoms with E-state index in [1.807, 2.05) is 13.8 Å². The van der Waals surface area contributed by atoms with Crippen LogP contribution in [-0.2, 0) is 4.74 Å². The van der Waals surface area contributed by atoms with E-state index in [1.165, 1.54) is 21.3 Å². The van der Waals surface area contributed by atoms with Crippen LogP contribution in [0.1, 0.15) is 70.9 Å². The number of ether oxygens (including phenoxy) is 6. The summed E-state index contributed by atoms with van der Waals surface area (Å²) in [5.41, 5.74) is 4.12. The van der Waals surface area contributed by atoms with Gasteiger partial charge < -0.3 is 33.5 Å². The number of carboxylic acids is 1. The molecule has 0 saturated carbocycles. The van der Waals surface area contributed by atoms with Crippen LogP contribution >= 0.6 is 0 Å². The molecule has 0 saturated heterocycles. The molecular formula is C33H38O10. The molecule has 0 unspecified atom stereocenters. The highest BCUT2D eigenvalue weighted by molar-refractivity contribution is 5.99. The summed E-state index contributed by atoms with van der Waals surface area (Å²) in [6.07, 6.45) is 0.578. The molecule has 0 aromatic heterocycles. The Morgan fingerprint density at radius 3 is 1.67 bits per heavy atom. The highest BCUT2D eigenvalue weighted by atomic mass is 16.5. The van der Waals surface area contributed by atoms with Gasteiger partial charge in [-0.2, -0.15) is 0 Å². The number of rotatable bonds is 12. The maximum Gasteiger partial charge on any atom is 0.347 e. The van der Waals surface area contributed by atoms with Crippen molar-refractivity contribution in [3.8, 4) is 28.7 Å². The highest BCUT2D eigenvalue weighted by Crippen LogP contribution is 2.41. The molecule has 43 heavy (non-hydrogen) atoms. The van der Waals surface area contributed by atoms with Gasteiger partial charge in [-0.1, -0.05) is 0 Å². The summed E-state index contributed by atoms with van der Waals surface area (Å²) >= 11 is 0. The lowest BCUT2D eigenvalue weighted by Crippen LogP contribution is -2.17. The van der Waals surface area contributed by atoms with Crippen LogP contribution in [0.4, 0.5) is 0 Å². The van der Waals surface area contributed by atoms with Gasteiger partial charge in [0.2, 0.25) is 0 Å². The number of hydrogen-bond donors (Lipinski definition) is 1. The summed E-state index contributed by atoms with van der Waals surface area (Å²) in [5.74, 6) is -0.257. The number of benzene rings is 3. The molecule has 10 nitrogen and oxygen atoms in total. The summed E-state index contributed by atoms with van der Waals surface area (Å²) in [7, 11) is 4.18. The molecule has 0 aliphatic carbocycles. The van der Waals surface area contributed by atoms with Gasteiger partial charge in [0.1, 0.15) is 39.9 Å². The van der Waals surface area contributed by atoms with Crippen molar-refractivity contribution in [1.82, 2.24) is 0 Å². The first-order chi connectivity index (χ1) is 20.4. The third-order valence-electron chi connectivity index (χ3n) is 7.47. The molecule has 0 heterocycles. The molecule has 0 atom stereocenters. The van der Waals surface area contributed by atoms with Gasteiger partial charge in [-0.15, -0.1) is 0 Å². The molecule has 0 spiro atoms. The molecule has 0 fully saturated rings. The van der Waals surface area contributed by atoms with E-state index in [4.69, 9.17) is 28.4 Å². The fourth-order valence-corrected chi connectivity index (χ4v) is 4.96. The summed E-state index contributed by atoms with van der Waals surface area (Å²) in [5, 5.41) is 9.71. The first-order valence-corrected chi connectivity index (χ1v) is 13.6. The molecule has 3 rings (SSSR count). The van der Waals surface area contributed by atoms with E-state index in [-0.39, 0.29) is 22.6 Å². The number of methoxy groups -OCH3 is 3. The van der Waals surface area contributed by atoms with Crippen molar-refractivity contribution in [2.75, 3.05) is 34.5 Å². The van der Waals surface area contributed by atoms with Gasteiger partial charge >= 0.3 is 17.9 Å². The summed E-state index contributed by atoms with van der Waals surface area (Å²) in [6, 6.07) is 6.68.